The minimum Gasteiger partial charge on any atom is -0.495 e. The normalized spacial score (nSPS) is 15.0. The van der Waals surface area contributed by atoms with Gasteiger partial charge in [0.1, 0.15) is 11.5 Å². The summed E-state index contributed by atoms with van der Waals surface area (Å²) in [7, 11) is 3.70. The molecule has 1 fully saturated rings. The highest BCUT2D eigenvalue weighted by Crippen LogP contribution is 2.28. The van der Waals surface area contributed by atoms with Gasteiger partial charge in [0.15, 0.2) is 0 Å². The van der Waals surface area contributed by atoms with Crippen LogP contribution in [-0.4, -0.2) is 61.1 Å². The van der Waals surface area contributed by atoms with Gasteiger partial charge in [0.05, 0.1) is 31.1 Å². The van der Waals surface area contributed by atoms with Crippen LogP contribution in [0.5, 0.6) is 11.5 Å². The van der Waals surface area contributed by atoms with Crippen LogP contribution in [0.4, 0.5) is 5.69 Å². The summed E-state index contributed by atoms with van der Waals surface area (Å²) in [6, 6.07) is 14.5. The molecular formula is C23H30N4O2. The van der Waals surface area contributed by atoms with Crippen LogP contribution >= 0.6 is 0 Å². The van der Waals surface area contributed by atoms with Gasteiger partial charge in [-0.05, 0) is 43.7 Å². The maximum atomic E-state index is 5.95. The van der Waals surface area contributed by atoms with Gasteiger partial charge >= 0.3 is 0 Å². The van der Waals surface area contributed by atoms with Crippen molar-refractivity contribution in [2.45, 2.75) is 12.8 Å². The van der Waals surface area contributed by atoms with Crippen LogP contribution in [0.25, 0.3) is 10.9 Å². The average molecular weight is 395 g/mol. The number of para-hydroxylation sites is 2. The molecule has 4 rings (SSSR count). The quantitative estimate of drug-likeness (QED) is 0.547. The maximum Gasteiger partial charge on any atom is 0.142 e. The zero-order valence-corrected chi connectivity index (χ0v) is 17.4. The predicted octanol–water partition coefficient (Wildman–Crippen LogP) is 3.56. The first-order valence-corrected chi connectivity index (χ1v) is 10.4. The van der Waals surface area contributed by atoms with Gasteiger partial charge in [0, 0.05) is 44.7 Å². The smallest absolute Gasteiger partial charge is 0.142 e. The standard InChI is InChI=1S/C23H30N4O2/c1-25-22-17-20(10-9-19(22)18-24-25)29-16-6-5-11-26-12-14-27(15-13-26)21-7-3-4-8-23(21)28-2/h3-4,7-10,17-18H,5-6,11-16H2,1-2H3. The molecule has 1 aliphatic rings. The Morgan fingerprint density at radius 3 is 2.66 bits per heavy atom. The molecule has 0 N–H and O–H groups in total. The molecule has 0 aliphatic carbocycles. The minimum absolute atomic E-state index is 0.755. The van der Waals surface area contributed by atoms with Gasteiger partial charge in [0.2, 0.25) is 0 Å². The first-order valence-electron chi connectivity index (χ1n) is 10.4. The number of methoxy groups -OCH3 is 1. The lowest BCUT2D eigenvalue weighted by molar-refractivity contribution is 0.238. The molecule has 0 atom stereocenters. The number of hydrogen-bond donors (Lipinski definition) is 0. The van der Waals surface area contributed by atoms with E-state index in [0.717, 1.165) is 74.6 Å². The molecule has 2 heterocycles. The fourth-order valence-electron chi connectivity index (χ4n) is 3.94. The second-order valence-electron chi connectivity index (χ2n) is 7.54. The molecule has 6 nitrogen and oxygen atoms in total. The first-order chi connectivity index (χ1) is 14.2. The van der Waals surface area contributed by atoms with E-state index in [0.29, 0.717) is 0 Å². The van der Waals surface area contributed by atoms with Crippen molar-refractivity contribution >= 4 is 16.6 Å². The van der Waals surface area contributed by atoms with Crippen LogP contribution in [0.15, 0.2) is 48.7 Å². The number of anilines is 1. The highest BCUT2D eigenvalue weighted by Gasteiger charge is 2.19. The average Bonchev–Trinajstić information content (AvgIpc) is 3.14. The number of fused-ring (bicyclic) bond motifs is 1. The topological polar surface area (TPSA) is 42.8 Å². The van der Waals surface area contributed by atoms with Crippen LogP contribution < -0.4 is 14.4 Å². The van der Waals surface area contributed by atoms with Crippen LogP contribution in [0.3, 0.4) is 0 Å². The number of aromatic nitrogens is 2. The molecule has 3 aromatic rings. The van der Waals surface area contributed by atoms with E-state index in [9.17, 15) is 0 Å². The largest absolute Gasteiger partial charge is 0.495 e. The zero-order valence-electron chi connectivity index (χ0n) is 17.4. The summed E-state index contributed by atoms with van der Waals surface area (Å²) in [4.78, 5) is 4.97. The summed E-state index contributed by atoms with van der Waals surface area (Å²) in [6.07, 6.45) is 4.10. The van der Waals surface area contributed by atoms with Crippen LogP contribution in [0.2, 0.25) is 0 Å². The number of rotatable bonds is 8. The molecule has 0 saturated carbocycles. The monoisotopic (exact) mass is 394 g/mol. The van der Waals surface area contributed by atoms with E-state index in [4.69, 9.17) is 9.47 Å². The van der Waals surface area contributed by atoms with E-state index in [1.54, 1.807) is 7.11 Å². The van der Waals surface area contributed by atoms with Gasteiger partial charge in [-0.15, -0.1) is 0 Å². The number of hydrogen-bond acceptors (Lipinski definition) is 5. The van der Waals surface area contributed by atoms with Crippen LogP contribution in [0, 0.1) is 0 Å². The molecule has 1 aromatic heterocycles. The summed E-state index contributed by atoms with van der Waals surface area (Å²) >= 11 is 0. The molecule has 0 radical (unpaired) electrons. The highest BCUT2D eigenvalue weighted by molar-refractivity contribution is 5.79. The molecular weight excluding hydrogens is 364 g/mol. The number of benzene rings is 2. The van der Waals surface area contributed by atoms with Gasteiger partial charge in [-0.3, -0.25) is 9.58 Å². The Morgan fingerprint density at radius 1 is 1.00 bits per heavy atom. The molecule has 1 aliphatic heterocycles. The van der Waals surface area contributed by atoms with E-state index < -0.39 is 0 Å². The van der Waals surface area contributed by atoms with Gasteiger partial charge < -0.3 is 14.4 Å². The number of ether oxygens (including phenoxy) is 2. The Morgan fingerprint density at radius 2 is 1.83 bits per heavy atom. The molecule has 0 bridgehead atoms. The van der Waals surface area contributed by atoms with E-state index in [1.807, 2.05) is 36.1 Å². The van der Waals surface area contributed by atoms with Crippen molar-refractivity contribution in [1.82, 2.24) is 14.7 Å². The Kier molecular flexibility index (Phi) is 6.20. The Bertz CT molecular complexity index is 932. The van der Waals surface area contributed by atoms with Crippen molar-refractivity contribution < 1.29 is 9.47 Å². The van der Waals surface area contributed by atoms with E-state index >= 15 is 0 Å². The van der Waals surface area contributed by atoms with E-state index in [2.05, 4.69) is 39.2 Å². The second kappa shape index (κ2) is 9.18. The molecule has 29 heavy (non-hydrogen) atoms. The molecule has 6 heteroatoms. The number of aryl methyl sites for hydroxylation is 1. The van der Waals surface area contributed by atoms with Crippen molar-refractivity contribution in [2.75, 3.05) is 51.3 Å². The van der Waals surface area contributed by atoms with E-state index in [-0.39, 0.29) is 0 Å². The summed E-state index contributed by atoms with van der Waals surface area (Å²) in [6.45, 7) is 6.16. The SMILES string of the molecule is COc1ccccc1N1CCN(CCCCOc2ccc3cnn(C)c3c2)CC1. The fraction of sp³-hybridized carbons (Fsp3) is 0.435. The lowest BCUT2D eigenvalue weighted by atomic mass is 10.2. The lowest BCUT2D eigenvalue weighted by Gasteiger charge is -2.36. The summed E-state index contributed by atoms with van der Waals surface area (Å²) in [5, 5.41) is 5.42. The molecule has 154 valence electrons. The zero-order chi connectivity index (χ0) is 20.1. The molecule has 0 spiro atoms. The van der Waals surface area contributed by atoms with Crippen molar-refractivity contribution in [1.29, 1.82) is 0 Å². The van der Waals surface area contributed by atoms with Crippen LogP contribution in [0.1, 0.15) is 12.8 Å². The minimum atomic E-state index is 0.755. The Balaban J connectivity index is 1.17. The van der Waals surface area contributed by atoms with E-state index in [1.165, 1.54) is 5.69 Å². The van der Waals surface area contributed by atoms with Crippen molar-refractivity contribution in [3.63, 3.8) is 0 Å². The third-order valence-electron chi connectivity index (χ3n) is 5.66. The Hall–Kier alpha value is -2.73. The van der Waals surface area contributed by atoms with Gasteiger partial charge in [-0.1, -0.05) is 12.1 Å². The fourth-order valence-corrected chi connectivity index (χ4v) is 3.94. The third-order valence-corrected chi connectivity index (χ3v) is 5.66. The highest BCUT2D eigenvalue weighted by atomic mass is 16.5. The van der Waals surface area contributed by atoms with Gasteiger partial charge in [-0.2, -0.15) is 5.10 Å². The molecule has 0 unspecified atom stereocenters. The molecule has 2 aromatic carbocycles. The first kappa shape index (κ1) is 19.6. The maximum absolute atomic E-state index is 5.95. The van der Waals surface area contributed by atoms with Crippen molar-refractivity contribution in [3.8, 4) is 11.5 Å². The van der Waals surface area contributed by atoms with Crippen LogP contribution in [-0.2, 0) is 7.05 Å². The molecule has 0 amide bonds. The third kappa shape index (κ3) is 4.65. The summed E-state index contributed by atoms with van der Waals surface area (Å²) in [5.41, 5.74) is 2.31. The number of nitrogens with zero attached hydrogens (tertiary/aromatic N) is 4. The second-order valence-corrected chi connectivity index (χ2v) is 7.54. The summed E-state index contributed by atoms with van der Waals surface area (Å²) in [5.74, 6) is 1.88. The van der Waals surface area contributed by atoms with Crippen molar-refractivity contribution in [2.24, 2.45) is 7.05 Å². The number of piperazine rings is 1. The lowest BCUT2D eigenvalue weighted by Crippen LogP contribution is -2.46. The van der Waals surface area contributed by atoms with Crippen molar-refractivity contribution in [3.05, 3.63) is 48.7 Å². The van der Waals surface area contributed by atoms with Gasteiger partial charge in [0.25, 0.3) is 0 Å². The Labute approximate surface area is 172 Å². The summed E-state index contributed by atoms with van der Waals surface area (Å²) < 4.78 is 13.3. The number of unbranched alkanes of at least 4 members (excludes halogenated alkanes) is 1. The van der Waals surface area contributed by atoms with Gasteiger partial charge in [-0.25, -0.2) is 0 Å². The molecule has 1 saturated heterocycles. The predicted molar refractivity (Wildman–Crippen MR) is 117 cm³/mol.